The predicted octanol–water partition coefficient (Wildman–Crippen LogP) is 0.626. The van der Waals surface area contributed by atoms with Crippen LogP contribution in [-0.4, -0.2) is 101 Å². The first-order chi connectivity index (χ1) is 18.3. The molecule has 5 rings (SSSR count). The maximum Gasteiger partial charge on any atom is 0.255 e. The number of rotatable bonds is 5. The van der Waals surface area contributed by atoms with E-state index in [1.54, 1.807) is 14.1 Å². The molecule has 1 saturated heterocycles. The molecule has 0 spiro atoms. The van der Waals surface area contributed by atoms with Crippen LogP contribution >= 0.6 is 0 Å². The van der Waals surface area contributed by atoms with Crippen LogP contribution in [0.3, 0.4) is 0 Å². The van der Waals surface area contributed by atoms with Crippen LogP contribution in [0.5, 0.6) is 5.75 Å². The zero-order valence-corrected chi connectivity index (χ0v) is 22.7. The smallest absolute Gasteiger partial charge is 0.255 e. The Kier molecular flexibility index (Phi) is 6.52. The summed E-state index contributed by atoms with van der Waals surface area (Å²) in [5, 5.41) is 45.7. The van der Waals surface area contributed by atoms with E-state index in [4.69, 9.17) is 5.73 Å². The Bertz CT molecular complexity index is 1340. The topological polar surface area (TPSA) is 168 Å². The van der Waals surface area contributed by atoms with Crippen LogP contribution in [0, 0.1) is 11.8 Å². The van der Waals surface area contributed by atoms with E-state index in [0.717, 1.165) is 31.6 Å². The second-order valence-corrected chi connectivity index (χ2v) is 11.6. The van der Waals surface area contributed by atoms with Crippen LogP contribution in [0.25, 0.3) is 5.76 Å². The largest absolute Gasteiger partial charge is 0.508 e. The van der Waals surface area contributed by atoms with Gasteiger partial charge >= 0.3 is 0 Å². The van der Waals surface area contributed by atoms with Crippen LogP contribution in [-0.2, 0) is 27.3 Å². The van der Waals surface area contributed by atoms with Crippen molar-refractivity contribution in [3.8, 4) is 5.75 Å². The number of aliphatic hydroxyl groups is 3. The van der Waals surface area contributed by atoms with Gasteiger partial charge in [0.1, 0.15) is 22.8 Å². The minimum atomic E-state index is -2.64. The van der Waals surface area contributed by atoms with Crippen molar-refractivity contribution >= 4 is 28.9 Å². The van der Waals surface area contributed by atoms with Gasteiger partial charge in [-0.15, -0.1) is 0 Å². The zero-order chi connectivity index (χ0) is 28.5. The van der Waals surface area contributed by atoms with Gasteiger partial charge in [0.15, 0.2) is 11.4 Å². The standard InChI is InChI=1S/C28H36N4O7/c1-30(2)17-11-14(12-32-7-5-6-8-32)22(33)19-15(17)9-13-10-16-21(31(3)4)24(35)20(27(29)38)26(37)28(16,39)25(36)18(13)23(19)34/h11,13,16,21,33-34,37,39H,5-10,12H2,1-4H3,(H2,29,38)/t13-,16-,21?,28-/m0/s1. The number of carbonyl (C=O) groups is 3. The van der Waals surface area contributed by atoms with Gasteiger partial charge in [-0.25, -0.2) is 0 Å². The Hall–Kier alpha value is -3.41. The Labute approximate surface area is 226 Å². The molecule has 11 nitrogen and oxygen atoms in total. The number of aliphatic hydroxyl groups excluding tert-OH is 2. The van der Waals surface area contributed by atoms with Crippen molar-refractivity contribution in [2.24, 2.45) is 17.6 Å². The van der Waals surface area contributed by atoms with Crippen LogP contribution in [0.2, 0.25) is 0 Å². The summed E-state index contributed by atoms with van der Waals surface area (Å²) in [5.74, 6) is -6.39. The first-order valence-corrected chi connectivity index (χ1v) is 13.2. The molecule has 0 radical (unpaired) electrons. The summed E-state index contributed by atoms with van der Waals surface area (Å²) >= 11 is 0. The molecule has 1 unspecified atom stereocenters. The van der Waals surface area contributed by atoms with Gasteiger partial charge in [-0.1, -0.05) is 0 Å². The lowest BCUT2D eigenvalue weighted by Gasteiger charge is -2.50. The summed E-state index contributed by atoms with van der Waals surface area (Å²) in [6.07, 6.45) is 2.46. The molecule has 39 heavy (non-hydrogen) atoms. The van der Waals surface area contributed by atoms with Crippen molar-refractivity contribution in [1.29, 1.82) is 0 Å². The number of fused-ring (bicyclic) bond motifs is 3. The van der Waals surface area contributed by atoms with E-state index in [9.17, 15) is 34.8 Å². The summed E-state index contributed by atoms with van der Waals surface area (Å²) < 4.78 is 0. The van der Waals surface area contributed by atoms with Gasteiger partial charge in [-0.05, 0) is 70.4 Å². The molecule has 0 aromatic heterocycles. The molecule has 1 aliphatic heterocycles. The number of nitrogens with zero attached hydrogens (tertiary/aromatic N) is 3. The molecule has 11 heteroatoms. The Morgan fingerprint density at radius 2 is 1.77 bits per heavy atom. The van der Waals surface area contributed by atoms with Crippen LogP contribution in [0.4, 0.5) is 5.69 Å². The van der Waals surface area contributed by atoms with Crippen LogP contribution in [0.1, 0.15) is 36.0 Å². The highest BCUT2D eigenvalue weighted by Gasteiger charge is 2.64. The van der Waals surface area contributed by atoms with E-state index in [1.165, 1.54) is 4.90 Å². The molecular weight excluding hydrogens is 504 g/mol. The second kappa shape index (κ2) is 9.35. The number of amides is 1. The number of benzene rings is 1. The number of carbonyl (C=O) groups excluding carboxylic acids is 3. The lowest BCUT2D eigenvalue weighted by molar-refractivity contribution is -0.153. The zero-order valence-electron chi connectivity index (χ0n) is 22.7. The van der Waals surface area contributed by atoms with E-state index in [0.29, 0.717) is 17.7 Å². The maximum atomic E-state index is 14.0. The second-order valence-electron chi connectivity index (χ2n) is 11.6. The third kappa shape index (κ3) is 3.86. The number of nitrogens with two attached hydrogens (primary N) is 1. The van der Waals surface area contributed by atoms with Gasteiger partial charge in [0.2, 0.25) is 5.78 Å². The average molecular weight is 541 g/mol. The number of aromatic hydroxyl groups is 1. The monoisotopic (exact) mass is 540 g/mol. The minimum absolute atomic E-state index is 0.0644. The lowest BCUT2D eigenvalue weighted by atomic mass is 9.57. The molecule has 1 saturated carbocycles. The van der Waals surface area contributed by atoms with Crippen molar-refractivity contribution in [3.63, 3.8) is 0 Å². The highest BCUT2D eigenvalue weighted by atomic mass is 16.3. The summed E-state index contributed by atoms with van der Waals surface area (Å²) in [7, 11) is 6.89. The minimum Gasteiger partial charge on any atom is -0.508 e. The van der Waals surface area contributed by atoms with Crippen molar-refractivity contribution < 1.29 is 34.8 Å². The quantitative estimate of drug-likeness (QED) is 0.334. The fourth-order valence-electron chi connectivity index (χ4n) is 7.05. The predicted molar refractivity (Wildman–Crippen MR) is 143 cm³/mol. The van der Waals surface area contributed by atoms with Crippen LogP contribution in [0.15, 0.2) is 23.0 Å². The SMILES string of the molecule is CN(C)c1cc(CN2CCCC2)c(O)c2c1C[C@H]1C[C@H]3C(N(C)C)C(=O)C(C(N)=O)=C(O)[C@@]3(O)C(=O)C1=C2O. The van der Waals surface area contributed by atoms with Gasteiger partial charge in [-0.3, -0.25) is 24.2 Å². The van der Waals surface area contributed by atoms with Crippen molar-refractivity contribution in [2.45, 2.75) is 43.9 Å². The summed E-state index contributed by atoms with van der Waals surface area (Å²) in [6.45, 7) is 2.27. The molecule has 1 aromatic carbocycles. The molecule has 3 aliphatic carbocycles. The number of likely N-dealkylation sites (N-methyl/N-ethyl adjacent to an activating group) is 1. The Balaban J connectivity index is 1.71. The van der Waals surface area contributed by atoms with Crippen molar-refractivity contribution in [1.82, 2.24) is 9.80 Å². The highest BCUT2D eigenvalue weighted by molar-refractivity contribution is 6.24. The molecule has 210 valence electrons. The molecule has 1 amide bonds. The number of phenolic OH excluding ortho intramolecular Hbond substituents is 1. The van der Waals surface area contributed by atoms with E-state index in [-0.39, 0.29) is 29.7 Å². The van der Waals surface area contributed by atoms with Crippen molar-refractivity contribution in [3.05, 3.63) is 39.7 Å². The number of anilines is 1. The number of hydrogen-bond acceptors (Lipinski definition) is 10. The first kappa shape index (κ1) is 27.2. The number of ketones is 2. The number of Topliss-reactive ketones (excluding diaryl/α,β-unsaturated/α-hetero) is 2. The molecule has 6 N–H and O–H groups in total. The summed E-state index contributed by atoms with van der Waals surface area (Å²) in [6, 6.07) is 0.804. The summed E-state index contributed by atoms with van der Waals surface area (Å²) in [5.41, 5.74) is 3.98. The van der Waals surface area contributed by atoms with Gasteiger partial charge in [0.25, 0.3) is 5.91 Å². The third-order valence-electron chi connectivity index (χ3n) is 8.85. The highest BCUT2D eigenvalue weighted by Crippen LogP contribution is 2.54. The number of hydrogen-bond donors (Lipinski definition) is 5. The molecule has 4 atom stereocenters. The molecule has 4 aliphatic rings. The van der Waals surface area contributed by atoms with Gasteiger partial charge in [0, 0.05) is 43.4 Å². The fourth-order valence-corrected chi connectivity index (χ4v) is 7.05. The molecule has 0 bridgehead atoms. The van der Waals surface area contributed by atoms with E-state index in [1.807, 2.05) is 25.1 Å². The van der Waals surface area contributed by atoms with E-state index >= 15 is 0 Å². The van der Waals surface area contributed by atoms with Gasteiger partial charge in [0.05, 0.1) is 11.6 Å². The van der Waals surface area contributed by atoms with E-state index in [2.05, 4.69) is 4.90 Å². The molecule has 2 fully saturated rings. The molecular formula is C28H36N4O7. The van der Waals surface area contributed by atoms with Gasteiger partial charge < -0.3 is 31.1 Å². The number of primary amides is 1. The third-order valence-corrected chi connectivity index (χ3v) is 8.85. The van der Waals surface area contributed by atoms with Gasteiger partial charge in [-0.2, -0.15) is 0 Å². The van der Waals surface area contributed by atoms with E-state index < -0.39 is 58.0 Å². The summed E-state index contributed by atoms with van der Waals surface area (Å²) in [4.78, 5) is 45.0. The fraction of sp³-hybridized carbons (Fsp3) is 0.536. The van der Waals surface area contributed by atoms with Crippen LogP contribution < -0.4 is 10.6 Å². The average Bonchev–Trinajstić information content (AvgIpc) is 3.35. The number of likely N-dealkylation sites (tertiary alicyclic amines) is 1. The first-order valence-electron chi connectivity index (χ1n) is 13.2. The molecule has 1 aromatic rings. The molecule has 1 heterocycles. The lowest BCUT2D eigenvalue weighted by Crippen LogP contribution is -2.65. The Morgan fingerprint density at radius 3 is 2.33 bits per heavy atom. The van der Waals surface area contributed by atoms with Crippen molar-refractivity contribution in [2.75, 3.05) is 46.2 Å². The normalized spacial score (nSPS) is 29.0. The maximum absolute atomic E-state index is 14.0. The Morgan fingerprint density at radius 1 is 1.13 bits per heavy atom. The number of phenols is 1.